The lowest BCUT2D eigenvalue weighted by Gasteiger charge is -2.11. The number of hydrogen-bond donors (Lipinski definition) is 2. The summed E-state index contributed by atoms with van der Waals surface area (Å²) in [6.07, 6.45) is 3.34. The lowest BCUT2D eigenvalue weighted by atomic mass is 10.3. The van der Waals surface area contributed by atoms with Crippen LogP contribution in [0, 0.1) is 18.6 Å². The van der Waals surface area contributed by atoms with Crippen molar-refractivity contribution in [3.05, 3.63) is 60.2 Å². The summed E-state index contributed by atoms with van der Waals surface area (Å²) >= 11 is 0. The second-order valence-electron chi connectivity index (χ2n) is 5.48. The van der Waals surface area contributed by atoms with Crippen LogP contribution in [-0.4, -0.2) is 41.3 Å². The summed E-state index contributed by atoms with van der Waals surface area (Å²) in [6, 6.07) is 6.26. The molecule has 3 rings (SSSR count). The summed E-state index contributed by atoms with van der Waals surface area (Å²) in [5.41, 5.74) is 0. The van der Waals surface area contributed by atoms with Gasteiger partial charge in [0, 0.05) is 31.5 Å². The smallest absolute Gasteiger partial charge is 0.246 e. The summed E-state index contributed by atoms with van der Waals surface area (Å²) in [6.45, 7) is 1.75. The van der Waals surface area contributed by atoms with Crippen molar-refractivity contribution in [3.8, 4) is 5.82 Å². The van der Waals surface area contributed by atoms with E-state index in [1.807, 2.05) is 0 Å². The number of aryl methyl sites for hydroxylation is 1. The molecule has 2 N–H and O–H groups in total. The zero-order chi connectivity index (χ0) is 19.4. The maximum atomic E-state index is 13.6. The quantitative estimate of drug-likeness (QED) is 0.591. The standard InChI is InChI=1S/C16H16F2N6O2S/c1-11-22-14(10-15(23-11)24-9-3-6-20-24)19-7-8-21-27(25,26)16-12(17)4-2-5-13(16)18/h2-6,9-10,21H,7-8H2,1H3,(H,19,22,23). The van der Waals surface area contributed by atoms with E-state index >= 15 is 0 Å². The molecule has 2 aromatic heterocycles. The minimum Gasteiger partial charge on any atom is -0.369 e. The molecule has 0 saturated carbocycles. The van der Waals surface area contributed by atoms with Crippen molar-refractivity contribution in [2.24, 2.45) is 0 Å². The van der Waals surface area contributed by atoms with Gasteiger partial charge in [0.1, 0.15) is 23.3 Å². The molecule has 11 heteroatoms. The molecule has 0 saturated heterocycles. The molecule has 0 amide bonds. The number of benzene rings is 1. The number of sulfonamides is 1. The summed E-state index contributed by atoms with van der Waals surface area (Å²) in [7, 11) is -4.31. The molecule has 27 heavy (non-hydrogen) atoms. The van der Waals surface area contributed by atoms with Crippen molar-refractivity contribution in [3.63, 3.8) is 0 Å². The SMILES string of the molecule is Cc1nc(NCCNS(=O)(=O)c2c(F)cccc2F)cc(-n2cccn2)n1. The Morgan fingerprint density at radius 3 is 2.52 bits per heavy atom. The molecule has 0 spiro atoms. The molecule has 0 unspecified atom stereocenters. The van der Waals surface area contributed by atoms with Gasteiger partial charge < -0.3 is 5.32 Å². The number of rotatable bonds is 7. The van der Waals surface area contributed by atoms with E-state index in [1.54, 1.807) is 36.1 Å². The number of hydrogen-bond acceptors (Lipinski definition) is 6. The Labute approximate surface area is 154 Å². The minimum absolute atomic E-state index is 0.101. The summed E-state index contributed by atoms with van der Waals surface area (Å²) in [4.78, 5) is 7.46. The number of aromatic nitrogens is 4. The van der Waals surface area contributed by atoms with E-state index < -0.39 is 26.6 Å². The van der Waals surface area contributed by atoms with Crippen molar-refractivity contribution in [2.45, 2.75) is 11.8 Å². The average molecular weight is 394 g/mol. The molecular weight excluding hydrogens is 378 g/mol. The Kier molecular flexibility index (Phi) is 5.42. The molecule has 1 aromatic carbocycles. The van der Waals surface area contributed by atoms with Crippen molar-refractivity contribution < 1.29 is 17.2 Å². The van der Waals surface area contributed by atoms with Crippen LogP contribution >= 0.6 is 0 Å². The third-order valence-electron chi connectivity index (χ3n) is 3.47. The topological polar surface area (TPSA) is 102 Å². The Bertz CT molecular complexity index is 1020. The zero-order valence-electron chi connectivity index (χ0n) is 14.2. The fourth-order valence-electron chi connectivity index (χ4n) is 2.35. The average Bonchev–Trinajstić information content (AvgIpc) is 3.12. The first-order valence-electron chi connectivity index (χ1n) is 7.90. The predicted molar refractivity (Wildman–Crippen MR) is 93.9 cm³/mol. The van der Waals surface area contributed by atoms with Gasteiger partial charge in [-0.15, -0.1) is 0 Å². The number of nitrogens with zero attached hydrogens (tertiary/aromatic N) is 4. The molecule has 0 aliphatic rings. The van der Waals surface area contributed by atoms with Crippen LogP contribution in [0.2, 0.25) is 0 Å². The van der Waals surface area contributed by atoms with Gasteiger partial charge in [-0.2, -0.15) is 5.10 Å². The van der Waals surface area contributed by atoms with Gasteiger partial charge >= 0.3 is 0 Å². The van der Waals surface area contributed by atoms with Crippen molar-refractivity contribution in [2.75, 3.05) is 18.4 Å². The van der Waals surface area contributed by atoms with Crippen molar-refractivity contribution >= 4 is 15.8 Å². The molecule has 8 nitrogen and oxygen atoms in total. The van der Waals surface area contributed by atoms with Gasteiger partial charge in [-0.1, -0.05) is 6.07 Å². The van der Waals surface area contributed by atoms with Gasteiger partial charge in [-0.25, -0.2) is 36.6 Å². The van der Waals surface area contributed by atoms with Crippen LogP contribution in [0.1, 0.15) is 5.82 Å². The van der Waals surface area contributed by atoms with Crippen LogP contribution in [0.15, 0.2) is 47.6 Å². The van der Waals surface area contributed by atoms with E-state index in [-0.39, 0.29) is 13.1 Å². The molecule has 0 bridgehead atoms. The number of nitrogens with one attached hydrogen (secondary N) is 2. The monoisotopic (exact) mass is 394 g/mol. The highest BCUT2D eigenvalue weighted by Crippen LogP contribution is 2.17. The van der Waals surface area contributed by atoms with Crippen LogP contribution in [0.4, 0.5) is 14.6 Å². The summed E-state index contributed by atoms with van der Waals surface area (Å²) in [5.74, 6) is -0.788. The van der Waals surface area contributed by atoms with Crippen LogP contribution in [0.5, 0.6) is 0 Å². The second-order valence-corrected chi connectivity index (χ2v) is 7.19. The fraction of sp³-hybridized carbons (Fsp3) is 0.188. The maximum Gasteiger partial charge on any atom is 0.246 e. The molecule has 0 fully saturated rings. The molecule has 142 valence electrons. The minimum atomic E-state index is -4.31. The van der Waals surface area contributed by atoms with Crippen LogP contribution in [0.3, 0.4) is 0 Å². The molecule has 0 radical (unpaired) electrons. The number of halogens is 2. The van der Waals surface area contributed by atoms with E-state index in [0.717, 1.165) is 18.2 Å². The third kappa shape index (κ3) is 4.44. The van der Waals surface area contributed by atoms with Gasteiger partial charge in [0.05, 0.1) is 0 Å². The molecule has 0 aliphatic heterocycles. The lowest BCUT2D eigenvalue weighted by Crippen LogP contribution is -2.30. The summed E-state index contributed by atoms with van der Waals surface area (Å²) < 4.78 is 55.2. The van der Waals surface area contributed by atoms with Gasteiger partial charge in [0.25, 0.3) is 0 Å². The molecule has 2 heterocycles. The number of anilines is 1. The molecular formula is C16H16F2N6O2S. The molecule has 3 aromatic rings. The summed E-state index contributed by atoms with van der Waals surface area (Å²) in [5, 5.41) is 7.02. The second kappa shape index (κ2) is 7.76. The van der Waals surface area contributed by atoms with E-state index in [1.165, 1.54) is 0 Å². The van der Waals surface area contributed by atoms with Crippen molar-refractivity contribution in [1.82, 2.24) is 24.5 Å². The van der Waals surface area contributed by atoms with Gasteiger partial charge in [0.15, 0.2) is 10.7 Å². The Hall–Kier alpha value is -2.92. The Balaban J connectivity index is 1.64. The van der Waals surface area contributed by atoms with Crippen LogP contribution in [0.25, 0.3) is 5.82 Å². The zero-order valence-corrected chi connectivity index (χ0v) is 15.0. The first-order valence-corrected chi connectivity index (χ1v) is 9.38. The lowest BCUT2D eigenvalue weighted by molar-refractivity contribution is 0.514. The van der Waals surface area contributed by atoms with Gasteiger partial charge in [-0.05, 0) is 25.1 Å². The molecule has 0 aliphatic carbocycles. The fourth-order valence-corrected chi connectivity index (χ4v) is 3.52. The largest absolute Gasteiger partial charge is 0.369 e. The van der Waals surface area contributed by atoms with E-state index in [0.29, 0.717) is 17.5 Å². The normalized spacial score (nSPS) is 11.5. The Morgan fingerprint density at radius 1 is 1.11 bits per heavy atom. The Morgan fingerprint density at radius 2 is 1.85 bits per heavy atom. The predicted octanol–water partition coefficient (Wildman–Crippen LogP) is 1.64. The van der Waals surface area contributed by atoms with Gasteiger partial charge in [0.2, 0.25) is 10.0 Å². The van der Waals surface area contributed by atoms with Crippen LogP contribution in [-0.2, 0) is 10.0 Å². The first-order chi connectivity index (χ1) is 12.9. The third-order valence-corrected chi connectivity index (χ3v) is 4.99. The maximum absolute atomic E-state index is 13.6. The van der Waals surface area contributed by atoms with E-state index in [2.05, 4.69) is 25.1 Å². The van der Waals surface area contributed by atoms with Gasteiger partial charge in [-0.3, -0.25) is 0 Å². The van der Waals surface area contributed by atoms with E-state index in [9.17, 15) is 17.2 Å². The van der Waals surface area contributed by atoms with Crippen molar-refractivity contribution in [1.29, 1.82) is 0 Å². The van der Waals surface area contributed by atoms with Crippen LogP contribution < -0.4 is 10.0 Å². The first kappa shape index (κ1) is 18.9. The van der Waals surface area contributed by atoms with E-state index in [4.69, 9.17) is 0 Å². The highest BCUT2D eigenvalue weighted by molar-refractivity contribution is 7.89. The molecule has 0 atom stereocenters. The highest BCUT2D eigenvalue weighted by atomic mass is 32.2. The highest BCUT2D eigenvalue weighted by Gasteiger charge is 2.23.